The van der Waals surface area contributed by atoms with E-state index in [4.69, 9.17) is 0 Å². The van der Waals surface area contributed by atoms with Crippen molar-refractivity contribution in [2.75, 3.05) is 0 Å². The topological polar surface area (TPSA) is 20.2 Å². The molecule has 1 aliphatic rings. The van der Waals surface area contributed by atoms with Gasteiger partial charge < -0.3 is 5.11 Å². The van der Waals surface area contributed by atoms with Crippen LogP contribution in [0.15, 0.2) is 24.8 Å². The maximum Gasteiger partial charge on any atom is 0.0644 e. The molecule has 1 fully saturated rings. The molecule has 1 nitrogen and oxygen atoms in total. The minimum Gasteiger partial charge on any atom is -0.392 e. The van der Waals surface area contributed by atoms with Gasteiger partial charge in [0, 0.05) is 5.92 Å². The largest absolute Gasteiger partial charge is 0.392 e. The molecular weight excluding hydrogens is 172 g/mol. The Labute approximate surface area is 87.5 Å². The molecule has 1 aliphatic carbocycles. The summed E-state index contributed by atoms with van der Waals surface area (Å²) in [5, 5.41) is 10.0. The molecule has 2 atom stereocenters. The second kappa shape index (κ2) is 4.31. The van der Waals surface area contributed by atoms with Crippen molar-refractivity contribution in [2.24, 2.45) is 11.3 Å². The van der Waals surface area contributed by atoms with Gasteiger partial charge in [-0.1, -0.05) is 32.1 Å². The Morgan fingerprint density at radius 1 is 1.64 bits per heavy atom. The van der Waals surface area contributed by atoms with E-state index in [0.717, 1.165) is 6.42 Å². The Hall–Kier alpha value is -0.560. The van der Waals surface area contributed by atoms with Gasteiger partial charge in [-0.25, -0.2) is 0 Å². The maximum absolute atomic E-state index is 10.0. The van der Waals surface area contributed by atoms with Crippen LogP contribution in [0.25, 0.3) is 0 Å². The van der Waals surface area contributed by atoms with Crippen molar-refractivity contribution in [3.63, 3.8) is 0 Å². The van der Waals surface area contributed by atoms with Crippen LogP contribution in [0.4, 0.5) is 0 Å². The van der Waals surface area contributed by atoms with Gasteiger partial charge in [0.2, 0.25) is 0 Å². The van der Waals surface area contributed by atoms with Crippen LogP contribution in [0.2, 0.25) is 0 Å². The summed E-state index contributed by atoms with van der Waals surface area (Å²) in [7, 11) is 0. The lowest BCUT2D eigenvalue weighted by molar-refractivity contribution is 0.0396. The third kappa shape index (κ3) is 2.27. The monoisotopic (exact) mass is 194 g/mol. The molecule has 80 valence electrons. The van der Waals surface area contributed by atoms with Crippen molar-refractivity contribution in [1.29, 1.82) is 0 Å². The van der Waals surface area contributed by atoms with Crippen LogP contribution in [-0.2, 0) is 0 Å². The average Bonchev–Trinajstić information content (AvgIpc) is 2.02. The minimum atomic E-state index is -0.296. The Kier molecular flexibility index (Phi) is 3.54. The van der Waals surface area contributed by atoms with Crippen LogP contribution in [-0.4, -0.2) is 11.2 Å². The lowest BCUT2D eigenvalue weighted by atomic mass is 9.64. The van der Waals surface area contributed by atoms with E-state index in [1.807, 2.05) is 0 Å². The zero-order valence-corrected chi connectivity index (χ0v) is 9.42. The SMILES string of the molecule is C=CCC(O)C1C(=C)CCCC1(C)C. The summed E-state index contributed by atoms with van der Waals surface area (Å²) < 4.78 is 0. The van der Waals surface area contributed by atoms with Crippen molar-refractivity contribution in [1.82, 2.24) is 0 Å². The molecule has 1 N–H and O–H groups in total. The van der Waals surface area contributed by atoms with E-state index in [2.05, 4.69) is 27.0 Å². The highest BCUT2D eigenvalue weighted by Gasteiger charge is 2.38. The normalized spacial score (nSPS) is 28.5. The Balaban J connectivity index is 2.79. The lowest BCUT2D eigenvalue weighted by Crippen LogP contribution is -2.37. The predicted molar refractivity (Wildman–Crippen MR) is 61.1 cm³/mol. The molecular formula is C13H22O. The molecule has 1 saturated carbocycles. The van der Waals surface area contributed by atoms with E-state index >= 15 is 0 Å². The fourth-order valence-corrected chi connectivity index (χ4v) is 2.73. The second-order valence-electron chi connectivity index (χ2n) is 5.07. The fraction of sp³-hybridized carbons (Fsp3) is 0.692. The number of aliphatic hydroxyl groups is 1. The highest BCUT2D eigenvalue weighted by Crippen LogP contribution is 2.45. The first kappa shape index (κ1) is 11.5. The quantitative estimate of drug-likeness (QED) is 0.683. The summed E-state index contributed by atoms with van der Waals surface area (Å²) in [4.78, 5) is 0. The molecule has 0 spiro atoms. The average molecular weight is 194 g/mol. The minimum absolute atomic E-state index is 0.192. The highest BCUT2D eigenvalue weighted by atomic mass is 16.3. The van der Waals surface area contributed by atoms with Crippen LogP contribution >= 0.6 is 0 Å². The maximum atomic E-state index is 10.0. The molecule has 0 amide bonds. The first-order valence-corrected chi connectivity index (χ1v) is 5.45. The summed E-state index contributed by atoms with van der Waals surface area (Å²) in [6.45, 7) is 12.2. The van der Waals surface area contributed by atoms with E-state index in [9.17, 15) is 5.11 Å². The zero-order valence-electron chi connectivity index (χ0n) is 9.42. The number of aliphatic hydroxyl groups excluding tert-OH is 1. The summed E-state index contributed by atoms with van der Waals surface area (Å²) in [6.07, 6.45) is 5.64. The second-order valence-corrected chi connectivity index (χ2v) is 5.07. The number of hydrogen-bond acceptors (Lipinski definition) is 1. The summed E-state index contributed by atoms with van der Waals surface area (Å²) in [5.41, 5.74) is 1.41. The Morgan fingerprint density at radius 3 is 2.79 bits per heavy atom. The van der Waals surface area contributed by atoms with Gasteiger partial charge in [0.05, 0.1) is 6.10 Å². The van der Waals surface area contributed by atoms with Crippen molar-refractivity contribution >= 4 is 0 Å². The van der Waals surface area contributed by atoms with Crippen LogP contribution in [0, 0.1) is 11.3 Å². The van der Waals surface area contributed by atoms with E-state index in [0.29, 0.717) is 6.42 Å². The first-order valence-electron chi connectivity index (χ1n) is 5.45. The predicted octanol–water partition coefficient (Wildman–Crippen LogP) is 3.31. The van der Waals surface area contributed by atoms with Gasteiger partial charge in [0.25, 0.3) is 0 Å². The third-order valence-corrected chi connectivity index (χ3v) is 3.39. The molecule has 0 radical (unpaired) electrons. The van der Waals surface area contributed by atoms with Gasteiger partial charge in [-0.3, -0.25) is 0 Å². The van der Waals surface area contributed by atoms with Gasteiger partial charge >= 0.3 is 0 Å². The number of rotatable bonds is 3. The molecule has 2 unspecified atom stereocenters. The van der Waals surface area contributed by atoms with E-state index < -0.39 is 0 Å². The molecule has 0 bridgehead atoms. The molecule has 14 heavy (non-hydrogen) atoms. The summed E-state index contributed by atoms with van der Waals surface area (Å²) >= 11 is 0. The van der Waals surface area contributed by atoms with Crippen molar-refractivity contribution < 1.29 is 5.11 Å². The Bertz CT molecular complexity index is 227. The van der Waals surface area contributed by atoms with Crippen LogP contribution in [0.5, 0.6) is 0 Å². The Morgan fingerprint density at radius 2 is 2.29 bits per heavy atom. The summed E-state index contributed by atoms with van der Waals surface area (Å²) in [5.74, 6) is 0.245. The van der Waals surface area contributed by atoms with Crippen molar-refractivity contribution in [2.45, 2.75) is 45.6 Å². The highest BCUT2D eigenvalue weighted by molar-refractivity contribution is 5.12. The first-order chi connectivity index (χ1) is 6.49. The van der Waals surface area contributed by atoms with Gasteiger partial charge in [-0.05, 0) is 31.1 Å². The molecule has 0 aliphatic heterocycles. The smallest absolute Gasteiger partial charge is 0.0644 e. The fourth-order valence-electron chi connectivity index (χ4n) is 2.73. The van der Waals surface area contributed by atoms with Gasteiger partial charge in [0.1, 0.15) is 0 Å². The third-order valence-electron chi connectivity index (χ3n) is 3.39. The van der Waals surface area contributed by atoms with Gasteiger partial charge in [-0.15, -0.1) is 6.58 Å². The molecule has 1 rings (SSSR count). The summed E-state index contributed by atoms with van der Waals surface area (Å²) in [6, 6.07) is 0. The van der Waals surface area contributed by atoms with E-state index in [1.54, 1.807) is 6.08 Å². The molecule has 0 aromatic carbocycles. The van der Waals surface area contributed by atoms with Crippen LogP contribution in [0.3, 0.4) is 0 Å². The van der Waals surface area contributed by atoms with Crippen molar-refractivity contribution in [3.05, 3.63) is 24.8 Å². The van der Waals surface area contributed by atoms with Crippen molar-refractivity contribution in [3.8, 4) is 0 Å². The lowest BCUT2D eigenvalue weighted by Gasteiger charge is -2.42. The zero-order chi connectivity index (χ0) is 10.8. The number of hydrogen-bond donors (Lipinski definition) is 1. The van der Waals surface area contributed by atoms with Crippen LogP contribution in [0.1, 0.15) is 39.5 Å². The van der Waals surface area contributed by atoms with E-state index in [1.165, 1.54) is 18.4 Å². The molecule has 0 aromatic heterocycles. The molecule has 0 heterocycles. The van der Waals surface area contributed by atoms with Crippen LogP contribution < -0.4 is 0 Å². The molecule has 0 saturated heterocycles. The molecule has 0 aromatic rings. The van der Waals surface area contributed by atoms with Gasteiger partial charge in [0.15, 0.2) is 0 Å². The van der Waals surface area contributed by atoms with E-state index in [-0.39, 0.29) is 17.4 Å². The van der Waals surface area contributed by atoms with Gasteiger partial charge in [-0.2, -0.15) is 0 Å². The molecule has 1 heteroatoms. The standard InChI is InChI=1S/C13H22O/c1-5-7-11(14)12-10(2)8-6-9-13(12,3)4/h5,11-12,14H,1-2,6-9H2,3-4H3.